The summed E-state index contributed by atoms with van der Waals surface area (Å²) in [5, 5.41) is 0. The summed E-state index contributed by atoms with van der Waals surface area (Å²) in [6, 6.07) is 7.27. The monoisotopic (exact) mass is 163 g/mol. The maximum absolute atomic E-state index is 11.3. The zero-order valence-corrected chi connectivity index (χ0v) is 6.49. The number of carbonyl (C=O) groups is 1. The first-order valence-electron chi connectivity index (χ1n) is 3.78. The van der Waals surface area contributed by atoms with Crippen LogP contribution in [0, 0.1) is 0 Å². The number of fused-ring (bicyclic) bond motifs is 1. The van der Waals surface area contributed by atoms with Crippen LogP contribution in [-0.4, -0.2) is 12.4 Å². The Hall–Kier alpha value is -1.19. The van der Waals surface area contributed by atoms with Gasteiger partial charge in [0.2, 0.25) is 0 Å². The fraction of sp³-hybridized carbons (Fsp3) is 0.222. The lowest BCUT2D eigenvalue weighted by Crippen LogP contribution is -2.27. The predicted molar refractivity (Wildman–Crippen MR) is 43.7 cm³/mol. The average Bonchev–Trinajstić information content (AvgIpc) is 2.12. The summed E-state index contributed by atoms with van der Waals surface area (Å²) in [4.78, 5) is 11.3. The van der Waals surface area contributed by atoms with E-state index in [0.717, 1.165) is 5.56 Å². The van der Waals surface area contributed by atoms with Crippen LogP contribution in [0.3, 0.4) is 0 Å². The molecule has 3 heteroatoms. The highest BCUT2D eigenvalue weighted by Gasteiger charge is 2.22. The van der Waals surface area contributed by atoms with Gasteiger partial charge in [0.05, 0.1) is 0 Å². The molecule has 1 aromatic carbocycles. The van der Waals surface area contributed by atoms with Crippen LogP contribution in [0.1, 0.15) is 22.1 Å². The maximum atomic E-state index is 11.3. The summed E-state index contributed by atoms with van der Waals surface area (Å²) in [7, 11) is 0. The first-order chi connectivity index (χ1) is 5.79. The van der Waals surface area contributed by atoms with Crippen LogP contribution in [0.2, 0.25) is 0 Å². The van der Waals surface area contributed by atoms with Crippen molar-refractivity contribution in [1.29, 1.82) is 0 Å². The highest BCUT2D eigenvalue weighted by Crippen LogP contribution is 2.22. The van der Waals surface area contributed by atoms with Crippen molar-refractivity contribution in [3.8, 4) is 0 Å². The zero-order valence-electron chi connectivity index (χ0n) is 6.49. The summed E-state index contributed by atoms with van der Waals surface area (Å²) in [5.74, 6) is 0.00676. The van der Waals surface area contributed by atoms with Crippen molar-refractivity contribution in [2.24, 2.45) is 5.73 Å². The normalized spacial score (nSPS) is 22.1. The molecule has 1 aliphatic heterocycles. The van der Waals surface area contributed by atoms with Crippen molar-refractivity contribution < 1.29 is 9.53 Å². The molecule has 1 aliphatic rings. The first-order valence-corrected chi connectivity index (χ1v) is 3.78. The van der Waals surface area contributed by atoms with E-state index in [0.29, 0.717) is 5.56 Å². The Bertz CT molecular complexity index is 322. The van der Waals surface area contributed by atoms with Gasteiger partial charge in [-0.2, -0.15) is 0 Å². The summed E-state index contributed by atoms with van der Waals surface area (Å²) in [6.45, 7) is 0.0954. The van der Waals surface area contributed by atoms with E-state index in [2.05, 4.69) is 0 Å². The van der Waals surface area contributed by atoms with Crippen LogP contribution in [-0.2, 0) is 4.74 Å². The third-order valence-electron chi connectivity index (χ3n) is 1.96. The molecular weight excluding hydrogens is 154 g/mol. The molecule has 62 valence electrons. The van der Waals surface area contributed by atoms with Gasteiger partial charge in [-0.3, -0.25) is 4.79 Å². The molecule has 0 radical (unpaired) electrons. The number of ketones is 1. The van der Waals surface area contributed by atoms with Gasteiger partial charge in [0.25, 0.3) is 0 Å². The van der Waals surface area contributed by atoms with Gasteiger partial charge >= 0.3 is 0 Å². The minimum Gasteiger partial charge on any atom is -0.351 e. The van der Waals surface area contributed by atoms with Crippen LogP contribution in [0.15, 0.2) is 24.3 Å². The Morgan fingerprint density at radius 1 is 1.42 bits per heavy atom. The molecule has 3 nitrogen and oxygen atoms in total. The second-order valence-corrected chi connectivity index (χ2v) is 2.74. The minimum atomic E-state index is -0.445. The van der Waals surface area contributed by atoms with Gasteiger partial charge in [0.1, 0.15) is 12.8 Å². The van der Waals surface area contributed by atoms with E-state index in [1.807, 2.05) is 18.2 Å². The molecule has 0 saturated carbocycles. The predicted octanol–water partition coefficient (Wildman–Crippen LogP) is 0.857. The molecule has 0 aliphatic carbocycles. The molecule has 0 spiro atoms. The molecule has 1 atom stereocenters. The van der Waals surface area contributed by atoms with Crippen LogP contribution in [0.5, 0.6) is 0 Å². The van der Waals surface area contributed by atoms with Gasteiger partial charge in [0.15, 0.2) is 5.78 Å². The van der Waals surface area contributed by atoms with E-state index < -0.39 is 6.23 Å². The quantitative estimate of drug-likeness (QED) is 0.617. The van der Waals surface area contributed by atoms with Crippen molar-refractivity contribution >= 4 is 5.78 Å². The molecule has 2 rings (SSSR count). The van der Waals surface area contributed by atoms with E-state index in [1.54, 1.807) is 6.07 Å². The number of hydrogen-bond acceptors (Lipinski definition) is 3. The number of nitrogens with two attached hydrogens (primary N) is 1. The lowest BCUT2D eigenvalue weighted by atomic mass is 10.0. The fourth-order valence-corrected chi connectivity index (χ4v) is 1.33. The van der Waals surface area contributed by atoms with Gasteiger partial charge < -0.3 is 10.5 Å². The average molecular weight is 163 g/mol. The molecule has 1 heterocycles. The summed E-state index contributed by atoms with van der Waals surface area (Å²) >= 11 is 0. The lowest BCUT2D eigenvalue weighted by Gasteiger charge is -2.21. The Balaban J connectivity index is 2.55. The number of ether oxygens (including phenoxy) is 1. The van der Waals surface area contributed by atoms with Gasteiger partial charge in [0, 0.05) is 11.1 Å². The maximum Gasteiger partial charge on any atom is 0.188 e. The molecule has 0 bridgehead atoms. The number of carbonyl (C=O) groups excluding carboxylic acids is 1. The van der Waals surface area contributed by atoms with Gasteiger partial charge in [-0.25, -0.2) is 0 Å². The second-order valence-electron chi connectivity index (χ2n) is 2.74. The summed E-state index contributed by atoms with van der Waals surface area (Å²) in [5.41, 5.74) is 7.11. The number of benzene rings is 1. The molecular formula is C9H9NO2. The SMILES string of the molecule is NC1OCC(=O)c2ccccc21. The third-order valence-corrected chi connectivity index (χ3v) is 1.96. The van der Waals surface area contributed by atoms with E-state index in [-0.39, 0.29) is 12.4 Å². The van der Waals surface area contributed by atoms with E-state index in [1.165, 1.54) is 0 Å². The molecule has 0 saturated heterocycles. The fourth-order valence-electron chi connectivity index (χ4n) is 1.33. The highest BCUT2D eigenvalue weighted by molar-refractivity contribution is 5.99. The summed E-state index contributed by atoms with van der Waals surface area (Å²) < 4.78 is 5.04. The molecule has 0 amide bonds. The molecule has 1 unspecified atom stereocenters. The second kappa shape index (κ2) is 2.69. The van der Waals surface area contributed by atoms with Gasteiger partial charge in [-0.15, -0.1) is 0 Å². The van der Waals surface area contributed by atoms with Crippen molar-refractivity contribution in [3.05, 3.63) is 35.4 Å². The van der Waals surface area contributed by atoms with Crippen molar-refractivity contribution in [1.82, 2.24) is 0 Å². The summed E-state index contributed by atoms with van der Waals surface area (Å²) in [6.07, 6.45) is -0.445. The molecule has 1 aromatic rings. The van der Waals surface area contributed by atoms with Crippen LogP contribution in [0.4, 0.5) is 0 Å². The third kappa shape index (κ3) is 1.03. The largest absolute Gasteiger partial charge is 0.351 e. The first kappa shape index (κ1) is 7.46. The van der Waals surface area contributed by atoms with Crippen molar-refractivity contribution in [2.45, 2.75) is 6.23 Å². The smallest absolute Gasteiger partial charge is 0.188 e. The van der Waals surface area contributed by atoms with Gasteiger partial charge in [-0.1, -0.05) is 24.3 Å². The Kier molecular flexibility index (Phi) is 1.67. The number of Topliss-reactive ketones (excluding diaryl/α,β-unsaturated/α-hetero) is 1. The Morgan fingerprint density at radius 2 is 2.17 bits per heavy atom. The van der Waals surface area contributed by atoms with Crippen molar-refractivity contribution in [3.63, 3.8) is 0 Å². The number of hydrogen-bond donors (Lipinski definition) is 1. The van der Waals surface area contributed by atoms with E-state index in [4.69, 9.17) is 10.5 Å². The van der Waals surface area contributed by atoms with E-state index >= 15 is 0 Å². The van der Waals surface area contributed by atoms with Crippen molar-refractivity contribution in [2.75, 3.05) is 6.61 Å². The standard InChI is InChI=1S/C9H9NO2/c10-9-7-4-2-1-3-6(7)8(11)5-12-9/h1-4,9H,5,10H2. The van der Waals surface area contributed by atoms with E-state index in [9.17, 15) is 4.79 Å². The topological polar surface area (TPSA) is 52.3 Å². The molecule has 2 N–H and O–H groups in total. The number of rotatable bonds is 0. The Morgan fingerprint density at radius 3 is 2.92 bits per heavy atom. The highest BCUT2D eigenvalue weighted by atomic mass is 16.5. The van der Waals surface area contributed by atoms with Crippen LogP contribution in [0.25, 0.3) is 0 Å². The minimum absolute atomic E-state index is 0.00676. The molecule has 0 fully saturated rings. The Labute approximate surface area is 70.1 Å². The van der Waals surface area contributed by atoms with Crippen LogP contribution < -0.4 is 5.73 Å². The zero-order chi connectivity index (χ0) is 8.55. The molecule has 0 aromatic heterocycles. The van der Waals surface area contributed by atoms with Gasteiger partial charge in [-0.05, 0) is 0 Å². The molecule has 12 heavy (non-hydrogen) atoms. The van der Waals surface area contributed by atoms with Crippen LogP contribution >= 0.6 is 0 Å². The lowest BCUT2D eigenvalue weighted by molar-refractivity contribution is 0.0387.